The van der Waals surface area contributed by atoms with Crippen molar-refractivity contribution in [3.8, 4) is 0 Å². The maximum Gasteiger partial charge on any atom is 0.494 e. The average molecular weight is 885 g/mol. The van der Waals surface area contributed by atoms with Crippen LogP contribution in [0.1, 0.15) is 125 Å². The Morgan fingerprint density at radius 3 is 1.12 bits per heavy atom. The second-order valence-corrected chi connectivity index (χ2v) is 23.9. The van der Waals surface area contributed by atoms with Gasteiger partial charge in [0, 0.05) is 15.6 Å². The van der Waals surface area contributed by atoms with Crippen LogP contribution in [-0.2, 0) is 48.0 Å². The van der Waals surface area contributed by atoms with Gasteiger partial charge >= 0.3 is 21.1 Å². The van der Waals surface area contributed by atoms with Crippen LogP contribution in [0.4, 0.5) is 0 Å². The van der Waals surface area contributed by atoms with Gasteiger partial charge in [-0.15, -0.1) is 0 Å². The second kappa shape index (κ2) is 16.3. The lowest BCUT2D eigenvalue weighted by molar-refractivity contribution is 0.00578. The van der Waals surface area contributed by atoms with E-state index in [-0.39, 0.29) is 32.2 Å². The van der Waals surface area contributed by atoms with Gasteiger partial charge in [-0.25, -0.2) is 26.3 Å². The van der Waals surface area contributed by atoms with Gasteiger partial charge in [0.05, 0.1) is 43.4 Å². The van der Waals surface area contributed by atoms with E-state index in [4.69, 9.17) is 27.9 Å². The summed E-state index contributed by atoms with van der Waals surface area (Å²) in [6.07, 6.45) is 0. The van der Waals surface area contributed by atoms with Crippen LogP contribution in [0.15, 0.2) is 62.8 Å². The fourth-order valence-electron chi connectivity index (χ4n) is 5.37. The van der Waals surface area contributed by atoms with Crippen LogP contribution in [0.25, 0.3) is 0 Å². The Kier molecular flexibility index (Phi) is 14.3. The lowest BCUT2D eigenvalue weighted by Crippen LogP contribution is -2.41. The molecule has 5 rings (SSSR count). The minimum Gasteiger partial charge on any atom is -0.405 e. The van der Waals surface area contributed by atoms with Crippen LogP contribution < -0.4 is 14.9 Å². The molecule has 2 N–H and O–H groups in total. The van der Waals surface area contributed by atoms with Crippen molar-refractivity contribution < 1.29 is 44.8 Å². The molecule has 2 aromatic carbocycles. The Bertz CT molecular complexity index is 1850. The number of hydrogen-bond acceptors (Lipinski definition) is 10. The number of nitrogens with one attached hydrogen (secondary N) is 2. The summed E-state index contributed by atoms with van der Waals surface area (Å²) in [5.41, 5.74) is -2.68. The Labute approximate surface area is 347 Å². The van der Waals surface area contributed by atoms with Gasteiger partial charge in [-0.2, -0.15) is 0 Å². The molecule has 56 heavy (non-hydrogen) atoms. The zero-order valence-corrected chi connectivity index (χ0v) is 39.8. The Hall–Kier alpha value is -1.31. The van der Waals surface area contributed by atoms with E-state index in [0.717, 1.165) is 4.47 Å². The topological polar surface area (TPSA) is 148 Å². The van der Waals surface area contributed by atoms with Crippen molar-refractivity contribution in [2.45, 2.75) is 179 Å². The van der Waals surface area contributed by atoms with E-state index in [0.29, 0.717) is 5.46 Å². The van der Waals surface area contributed by atoms with Crippen molar-refractivity contribution in [2.75, 3.05) is 0 Å². The van der Waals surface area contributed by atoms with Crippen molar-refractivity contribution in [1.29, 1.82) is 0 Å². The van der Waals surface area contributed by atoms with Crippen LogP contribution >= 0.6 is 15.9 Å². The van der Waals surface area contributed by atoms with Gasteiger partial charge in [0.1, 0.15) is 0 Å². The fourth-order valence-corrected chi connectivity index (χ4v) is 8.85. The molecule has 0 spiro atoms. The molecule has 0 bridgehead atoms. The summed E-state index contributed by atoms with van der Waals surface area (Å²) in [4.78, 5) is 0.478. The van der Waals surface area contributed by atoms with Gasteiger partial charge in [0.25, 0.3) is 0 Å². The van der Waals surface area contributed by atoms with Crippen LogP contribution in [0.3, 0.4) is 0 Å². The van der Waals surface area contributed by atoms with Crippen molar-refractivity contribution in [3.05, 3.63) is 53.0 Å². The number of benzene rings is 2. The summed E-state index contributed by atoms with van der Waals surface area (Å²) >= 11 is 3.24. The Morgan fingerprint density at radius 1 is 0.500 bits per heavy atom. The van der Waals surface area contributed by atoms with Gasteiger partial charge in [-0.1, -0.05) is 34.1 Å². The zero-order chi connectivity index (χ0) is 43.4. The van der Waals surface area contributed by atoms with Gasteiger partial charge in [-0.3, -0.25) is 0 Å². The van der Waals surface area contributed by atoms with E-state index >= 15 is 0 Å². The van der Waals surface area contributed by atoms with Crippen LogP contribution in [0.5, 0.6) is 0 Å². The highest BCUT2D eigenvalue weighted by atomic mass is 79.9. The third-order valence-corrected chi connectivity index (χ3v) is 14.5. The van der Waals surface area contributed by atoms with Gasteiger partial charge in [0.15, 0.2) is 0 Å². The first-order chi connectivity index (χ1) is 24.8. The molecule has 3 heterocycles. The van der Waals surface area contributed by atoms with E-state index in [9.17, 15) is 16.8 Å². The number of rotatable bonds is 6. The van der Waals surface area contributed by atoms with Crippen LogP contribution in [0.2, 0.25) is 0 Å². The maximum absolute atomic E-state index is 12.5. The predicted molar refractivity (Wildman–Crippen MR) is 229 cm³/mol. The third-order valence-electron chi connectivity index (χ3n) is 10.4. The van der Waals surface area contributed by atoms with Gasteiger partial charge in [0.2, 0.25) is 20.0 Å². The van der Waals surface area contributed by atoms with E-state index < -0.39 is 63.5 Å². The molecule has 12 nitrogen and oxygen atoms in total. The summed E-state index contributed by atoms with van der Waals surface area (Å²) in [7, 11) is -8.54. The number of halogens is 1. The third kappa shape index (κ3) is 12.1. The van der Waals surface area contributed by atoms with Crippen LogP contribution in [-0.4, -0.2) is 82.7 Å². The lowest BCUT2D eigenvalue weighted by Gasteiger charge is -2.32. The normalized spacial score (nSPS) is 22.2. The first kappa shape index (κ1) is 49.1. The summed E-state index contributed by atoms with van der Waals surface area (Å²) < 4.78 is 90.5. The predicted octanol–water partition coefficient (Wildman–Crippen LogP) is 6.84. The largest absolute Gasteiger partial charge is 0.494 e. The summed E-state index contributed by atoms with van der Waals surface area (Å²) in [6.45, 7) is 34.9. The zero-order valence-electron chi connectivity index (χ0n) is 36.6. The molecule has 0 aromatic heterocycles. The first-order valence-corrected chi connectivity index (χ1v) is 22.6. The average Bonchev–Trinajstić information content (AvgIpc) is 3.44. The molecule has 0 radical (unpaired) electrons. The highest BCUT2D eigenvalue weighted by Gasteiger charge is 2.63. The van der Waals surface area contributed by atoms with E-state index in [1.54, 1.807) is 42.5 Å². The highest BCUT2D eigenvalue weighted by molar-refractivity contribution is 9.10. The van der Waals surface area contributed by atoms with Crippen molar-refractivity contribution >= 4 is 62.6 Å². The number of sulfonamides is 2. The lowest BCUT2D eigenvalue weighted by atomic mass is 9.49. The van der Waals surface area contributed by atoms with Crippen LogP contribution in [0, 0.1) is 0 Å². The molecule has 0 amide bonds. The fraction of sp³-hybridized carbons (Fsp3) is 0.684. The van der Waals surface area contributed by atoms with Gasteiger partial charge in [-0.05, 0) is 160 Å². The molecular weight excluding hydrogens is 821 g/mol. The minimum absolute atomic E-state index is 0.208. The molecule has 0 atom stereocenters. The Balaban J connectivity index is 0.000000231. The molecule has 0 saturated carbocycles. The first-order valence-electron chi connectivity index (χ1n) is 18.8. The monoisotopic (exact) mass is 884 g/mol. The quantitative estimate of drug-likeness (QED) is 0.296. The smallest absolute Gasteiger partial charge is 0.405 e. The molecule has 0 unspecified atom stereocenters. The van der Waals surface area contributed by atoms with Crippen molar-refractivity contribution in [2.24, 2.45) is 0 Å². The molecule has 0 aliphatic carbocycles. The molecule has 3 aliphatic heterocycles. The summed E-state index contributed by atoms with van der Waals surface area (Å²) in [5.74, 6) is 0. The summed E-state index contributed by atoms with van der Waals surface area (Å²) in [6, 6.07) is 13.3. The van der Waals surface area contributed by atoms with E-state index in [2.05, 4.69) is 25.4 Å². The van der Waals surface area contributed by atoms with E-state index in [1.807, 2.05) is 131 Å². The molecule has 18 heteroatoms. The number of hydrogen-bond donors (Lipinski definition) is 2. The Morgan fingerprint density at radius 2 is 0.804 bits per heavy atom. The molecule has 2 aromatic rings. The minimum atomic E-state index is -3.59. The molecule has 3 aliphatic rings. The molecule has 3 saturated heterocycles. The van der Waals surface area contributed by atoms with Gasteiger partial charge < -0.3 is 27.9 Å². The second-order valence-electron chi connectivity index (χ2n) is 19.6. The van der Waals surface area contributed by atoms with Crippen molar-refractivity contribution in [3.63, 3.8) is 0 Å². The van der Waals surface area contributed by atoms with Crippen molar-refractivity contribution in [1.82, 2.24) is 9.44 Å². The molecule has 314 valence electrons. The highest BCUT2D eigenvalue weighted by Crippen LogP contribution is 2.43. The standard InChI is InChI=1S/C16H26BNO4S.C12H24B2O4.C10H14BrNO2S/c1-14(2,3)18-23(19,20)13-10-8-9-12(11-13)17-21-15(4,5)16(6,7)22-17;1-9(2)10(3,4)16-13(15-9)14-17-11(5,6)12(7,8)18-14;1-10(2,3)12-15(13,14)9-6-4-5-8(11)7-9/h8-11,18H,1-7H3;1-8H3;4-7,12H,1-3H3. The maximum atomic E-state index is 12.5. The van der Waals surface area contributed by atoms with E-state index in [1.165, 1.54) is 0 Å². The molecular formula is C38H64B3BrN2O10S2. The SMILES string of the molecule is CC(C)(C)NS(=O)(=O)c1cccc(B2OC(C)(C)C(C)(C)O2)c1.CC(C)(C)NS(=O)(=O)c1cccc(Br)c1.CC1(C)OB(B2OC(C)(C)C(C)(C)O2)OC1(C)C. The molecule has 3 fully saturated rings. The summed E-state index contributed by atoms with van der Waals surface area (Å²) in [5, 5.41) is 0.